The summed E-state index contributed by atoms with van der Waals surface area (Å²) in [7, 11) is 0. The molecule has 0 aliphatic carbocycles. The topological polar surface area (TPSA) is 55.5 Å². The molecule has 1 aromatic rings. The SMILES string of the molecule is CC(C)CC[C@@H](O)[C@@H](N)c1ccccc1OC(F)(F)C(F)F. The molecule has 0 aliphatic heterocycles. The van der Waals surface area contributed by atoms with Crippen LogP contribution in [0, 0.1) is 5.92 Å². The first-order valence-electron chi connectivity index (χ1n) is 7.02. The lowest BCUT2D eigenvalue weighted by Crippen LogP contribution is -2.35. The highest BCUT2D eigenvalue weighted by Crippen LogP contribution is 2.33. The van der Waals surface area contributed by atoms with Crippen molar-refractivity contribution in [3.63, 3.8) is 0 Å². The zero-order valence-corrected chi connectivity index (χ0v) is 12.5. The summed E-state index contributed by atoms with van der Waals surface area (Å²) in [6, 6.07) is 4.38. The minimum absolute atomic E-state index is 0.0686. The molecule has 126 valence electrons. The summed E-state index contributed by atoms with van der Waals surface area (Å²) in [5.74, 6) is -0.111. The number of aliphatic hydroxyl groups is 1. The number of ether oxygens (including phenoxy) is 1. The number of hydrogen-bond donors (Lipinski definition) is 2. The molecule has 0 aliphatic rings. The normalized spacial score (nSPS) is 15.2. The first-order chi connectivity index (χ1) is 10.1. The van der Waals surface area contributed by atoms with Crippen LogP contribution in [0.25, 0.3) is 0 Å². The molecule has 0 fully saturated rings. The molecule has 0 spiro atoms. The van der Waals surface area contributed by atoms with Crippen molar-refractivity contribution in [2.24, 2.45) is 11.7 Å². The van der Waals surface area contributed by atoms with Crippen molar-refractivity contribution in [1.29, 1.82) is 0 Å². The number of nitrogens with two attached hydrogens (primary N) is 1. The Labute approximate surface area is 127 Å². The molecule has 0 aromatic heterocycles. The quantitative estimate of drug-likeness (QED) is 0.717. The molecule has 2 atom stereocenters. The van der Waals surface area contributed by atoms with Gasteiger partial charge in [0.05, 0.1) is 12.1 Å². The molecular weight excluding hydrogens is 302 g/mol. The first-order valence-corrected chi connectivity index (χ1v) is 7.02. The van der Waals surface area contributed by atoms with Crippen molar-refractivity contribution in [3.05, 3.63) is 29.8 Å². The van der Waals surface area contributed by atoms with Crippen LogP contribution in [0.15, 0.2) is 24.3 Å². The van der Waals surface area contributed by atoms with Gasteiger partial charge in [-0.15, -0.1) is 0 Å². The van der Waals surface area contributed by atoms with Crippen LogP contribution in [0.2, 0.25) is 0 Å². The van der Waals surface area contributed by atoms with Gasteiger partial charge in [-0.2, -0.15) is 17.6 Å². The molecule has 0 saturated carbocycles. The lowest BCUT2D eigenvalue weighted by molar-refractivity contribution is -0.253. The van der Waals surface area contributed by atoms with E-state index in [1.165, 1.54) is 18.2 Å². The maximum atomic E-state index is 13.1. The fourth-order valence-electron chi connectivity index (χ4n) is 1.93. The van der Waals surface area contributed by atoms with Crippen molar-refractivity contribution in [2.45, 2.75) is 51.4 Å². The highest BCUT2D eigenvalue weighted by atomic mass is 19.3. The molecule has 0 heterocycles. The Morgan fingerprint density at radius 3 is 2.32 bits per heavy atom. The second-order valence-corrected chi connectivity index (χ2v) is 5.57. The average molecular weight is 323 g/mol. The highest BCUT2D eigenvalue weighted by molar-refractivity contribution is 5.36. The van der Waals surface area contributed by atoms with Crippen molar-refractivity contribution in [1.82, 2.24) is 0 Å². The molecule has 22 heavy (non-hydrogen) atoms. The van der Waals surface area contributed by atoms with Crippen molar-refractivity contribution in [2.75, 3.05) is 0 Å². The van der Waals surface area contributed by atoms with Gasteiger partial charge in [0.15, 0.2) is 0 Å². The maximum absolute atomic E-state index is 13.1. The molecule has 7 heteroatoms. The predicted octanol–water partition coefficient (Wildman–Crippen LogP) is 3.72. The fraction of sp³-hybridized carbons (Fsp3) is 0.600. The molecule has 1 aromatic carbocycles. The average Bonchev–Trinajstić information content (AvgIpc) is 2.44. The van der Waals surface area contributed by atoms with Gasteiger partial charge in [-0.25, -0.2) is 0 Å². The number of rotatable bonds is 8. The third-order valence-corrected chi connectivity index (χ3v) is 3.23. The summed E-state index contributed by atoms with van der Waals surface area (Å²) in [5.41, 5.74) is 5.93. The number of alkyl halides is 4. The molecule has 0 saturated heterocycles. The van der Waals surface area contributed by atoms with E-state index in [1.807, 2.05) is 13.8 Å². The van der Waals surface area contributed by atoms with Gasteiger partial charge < -0.3 is 15.6 Å². The van der Waals surface area contributed by atoms with Gasteiger partial charge in [0, 0.05) is 5.56 Å². The lowest BCUT2D eigenvalue weighted by atomic mass is 9.95. The number of halogens is 4. The second-order valence-electron chi connectivity index (χ2n) is 5.57. The van der Waals surface area contributed by atoms with E-state index >= 15 is 0 Å². The molecule has 1 rings (SSSR count). The maximum Gasteiger partial charge on any atom is 0.461 e. The number of para-hydroxylation sites is 1. The van der Waals surface area contributed by atoms with E-state index in [-0.39, 0.29) is 5.56 Å². The molecule has 0 bridgehead atoms. The van der Waals surface area contributed by atoms with Gasteiger partial charge >= 0.3 is 12.5 Å². The van der Waals surface area contributed by atoms with Gasteiger partial charge in [0.2, 0.25) is 0 Å². The van der Waals surface area contributed by atoms with E-state index in [2.05, 4.69) is 4.74 Å². The van der Waals surface area contributed by atoms with E-state index in [4.69, 9.17) is 5.73 Å². The van der Waals surface area contributed by atoms with Gasteiger partial charge in [-0.05, 0) is 24.8 Å². The van der Waals surface area contributed by atoms with Crippen molar-refractivity contribution >= 4 is 0 Å². The Morgan fingerprint density at radius 2 is 1.77 bits per heavy atom. The fourth-order valence-corrected chi connectivity index (χ4v) is 1.93. The minimum atomic E-state index is -4.61. The number of benzene rings is 1. The Bertz CT molecular complexity index is 469. The molecule has 0 radical (unpaired) electrons. The third kappa shape index (κ3) is 5.14. The predicted molar refractivity (Wildman–Crippen MR) is 75.0 cm³/mol. The van der Waals surface area contributed by atoms with Crippen LogP contribution >= 0.6 is 0 Å². The summed E-state index contributed by atoms with van der Waals surface area (Å²) < 4.78 is 54.7. The largest absolute Gasteiger partial charge is 0.461 e. The highest BCUT2D eigenvalue weighted by Gasteiger charge is 2.44. The van der Waals surface area contributed by atoms with E-state index in [9.17, 15) is 22.7 Å². The zero-order chi connectivity index (χ0) is 16.9. The standard InChI is InChI=1S/C15H21F4NO2/c1-9(2)7-8-11(21)13(20)10-5-3-4-6-12(10)22-15(18,19)14(16)17/h3-6,9,11,13-14,21H,7-8,20H2,1-2H3/t11-,13+/m1/s1. The van der Waals surface area contributed by atoms with Crippen LogP contribution in [0.3, 0.4) is 0 Å². The van der Waals surface area contributed by atoms with E-state index in [1.54, 1.807) is 0 Å². The Balaban J connectivity index is 2.91. The number of aliphatic hydroxyl groups excluding tert-OH is 1. The van der Waals surface area contributed by atoms with Gasteiger partial charge in [-0.1, -0.05) is 32.0 Å². The van der Waals surface area contributed by atoms with Crippen LogP contribution in [0.4, 0.5) is 17.6 Å². The Kier molecular flexibility index (Phi) is 6.62. The molecular formula is C15H21F4NO2. The van der Waals surface area contributed by atoms with Crippen LogP contribution < -0.4 is 10.5 Å². The first kappa shape index (κ1) is 18.7. The van der Waals surface area contributed by atoms with E-state index in [0.717, 1.165) is 6.07 Å². The van der Waals surface area contributed by atoms with Gasteiger partial charge in [0.25, 0.3) is 0 Å². The smallest absolute Gasteiger partial charge is 0.428 e. The van der Waals surface area contributed by atoms with Crippen LogP contribution in [0.5, 0.6) is 5.75 Å². The summed E-state index contributed by atoms with van der Waals surface area (Å²) in [6.07, 6.45) is -8.47. The van der Waals surface area contributed by atoms with E-state index in [0.29, 0.717) is 18.8 Å². The van der Waals surface area contributed by atoms with E-state index < -0.39 is 30.4 Å². The van der Waals surface area contributed by atoms with Gasteiger partial charge in [-0.3, -0.25) is 0 Å². The van der Waals surface area contributed by atoms with Crippen molar-refractivity contribution in [3.8, 4) is 5.75 Å². The monoisotopic (exact) mass is 323 g/mol. The summed E-state index contributed by atoms with van der Waals surface area (Å²) >= 11 is 0. The van der Waals surface area contributed by atoms with Crippen LogP contribution in [0.1, 0.15) is 38.3 Å². The lowest BCUT2D eigenvalue weighted by Gasteiger charge is -2.24. The zero-order valence-electron chi connectivity index (χ0n) is 12.5. The summed E-state index contributed by atoms with van der Waals surface area (Å²) in [4.78, 5) is 0. The number of hydrogen-bond acceptors (Lipinski definition) is 3. The third-order valence-electron chi connectivity index (χ3n) is 3.23. The Hall–Kier alpha value is -1.34. The molecule has 0 amide bonds. The second kappa shape index (κ2) is 7.78. The minimum Gasteiger partial charge on any atom is -0.428 e. The summed E-state index contributed by atoms with van der Waals surface area (Å²) in [5, 5.41) is 10.0. The molecule has 3 N–H and O–H groups in total. The van der Waals surface area contributed by atoms with Crippen LogP contribution in [-0.2, 0) is 0 Å². The molecule has 0 unspecified atom stereocenters. The van der Waals surface area contributed by atoms with Gasteiger partial charge in [0.1, 0.15) is 5.75 Å². The van der Waals surface area contributed by atoms with Crippen molar-refractivity contribution < 1.29 is 27.4 Å². The van der Waals surface area contributed by atoms with Crippen LogP contribution in [-0.4, -0.2) is 23.7 Å². The summed E-state index contributed by atoms with van der Waals surface area (Å²) in [6.45, 7) is 3.94. The Morgan fingerprint density at radius 1 is 1.18 bits per heavy atom. The molecule has 3 nitrogen and oxygen atoms in total.